The van der Waals surface area contributed by atoms with Crippen molar-refractivity contribution in [2.24, 2.45) is 0 Å². The predicted octanol–water partition coefficient (Wildman–Crippen LogP) is -1.13. The third-order valence-corrected chi connectivity index (χ3v) is 2.33. The fourth-order valence-corrected chi connectivity index (χ4v) is 1.52. The van der Waals surface area contributed by atoms with E-state index in [2.05, 4.69) is 17.9 Å². The van der Waals surface area contributed by atoms with Crippen LogP contribution in [0.25, 0.3) is 0 Å². The third-order valence-electron chi connectivity index (χ3n) is 1.81. The molecule has 2 amide bonds. The monoisotopic (exact) mass is 174 g/mol. The lowest BCUT2D eigenvalue weighted by atomic mass is 10.2. The van der Waals surface area contributed by atoms with Crippen LogP contribution >= 0.6 is 12.6 Å². The molecule has 0 aliphatic carbocycles. The number of carbonyl (C=O) groups excluding carboxylic acids is 2. The van der Waals surface area contributed by atoms with E-state index in [1.807, 2.05) is 0 Å². The van der Waals surface area contributed by atoms with E-state index < -0.39 is 11.3 Å². The van der Waals surface area contributed by atoms with E-state index in [0.717, 1.165) is 4.90 Å². The summed E-state index contributed by atoms with van der Waals surface area (Å²) in [5.41, 5.74) is 0. The molecule has 0 spiro atoms. The number of carbonyl (C=O) groups is 2. The van der Waals surface area contributed by atoms with Crippen LogP contribution in [0.2, 0.25) is 0 Å². The Morgan fingerprint density at radius 1 is 1.45 bits per heavy atom. The van der Waals surface area contributed by atoms with E-state index in [0.29, 0.717) is 0 Å². The van der Waals surface area contributed by atoms with Gasteiger partial charge in [-0.2, -0.15) is 12.6 Å². The van der Waals surface area contributed by atoms with Gasteiger partial charge in [-0.25, -0.2) is 0 Å². The number of rotatable bonds is 1. The Hall–Kier alpha value is -0.550. The van der Waals surface area contributed by atoms with Crippen molar-refractivity contribution in [1.82, 2.24) is 10.2 Å². The zero-order valence-corrected chi connectivity index (χ0v) is 7.26. The highest BCUT2D eigenvalue weighted by Gasteiger charge is 2.42. The molecule has 2 unspecified atom stereocenters. The van der Waals surface area contributed by atoms with Crippen molar-refractivity contribution in [3.63, 3.8) is 0 Å². The van der Waals surface area contributed by atoms with Gasteiger partial charge in [0.05, 0.1) is 0 Å². The average molecular weight is 174 g/mol. The molecule has 11 heavy (non-hydrogen) atoms. The number of hydrogen-bond acceptors (Lipinski definition) is 4. The lowest BCUT2D eigenvalue weighted by Crippen LogP contribution is -2.38. The number of nitrogens with zero attached hydrogens (tertiary/aromatic N) is 1. The molecule has 1 aliphatic heterocycles. The van der Waals surface area contributed by atoms with E-state index in [1.54, 1.807) is 7.05 Å². The van der Waals surface area contributed by atoms with Crippen molar-refractivity contribution >= 4 is 24.4 Å². The lowest BCUT2D eigenvalue weighted by Gasteiger charge is -2.07. The molecule has 0 radical (unpaired) electrons. The van der Waals surface area contributed by atoms with Gasteiger partial charge in [0.1, 0.15) is 11.3 Å². The van der Waals surface area contributed by atoms with Crippen LogP contribution in [0.1, 0.15) is 0 Å². The maximum Gasteiger partial charge on any atom is 0.247 e. The number of likely N-dealkylation sites (tertiary alicyclic amines) is 1. The van der Waals surface area contributed by atoms with Gasteiger partial charge in [-0.1, -0.05) is 0 Å². The molecule has 1 saturated heterocycles. The van der Waals surface area contributed by atoms with Crippen molar-refractivity contribution < 1.29 is 9.59 Å². The Bertz CT molecular complexity index is 207. The Balaban J connectivity index is 2.86. The molecule has 1 fully saturated rings. The molecule has 1 aliphatic rings. The molecule has 1 N–H and O–H groups in total. The van der Waals surface area contributed by atoms with Gasteiger partial charge in [0.15, 0.2) is 0 Å². The number of hydrogen-bond donors (Lipinski definition) is 2. The second kappa shape index (κ2) is 2.83. The fraction of sp³-hybridized carbons (Fsp3) is 0.667. The minimum Gasteiger partial charge on any atom is -0.308 e. The molecule has 0 aromatic carbocycles. The van der Waals surface area contributed by atoms with Gasteiger partial charge in [0, 0.05) is 7.05 Å². The predicted molar refractivity (Wildman–Crippen MR) is 43.4 cm³/mol. The van der Waals surface area contributed by atoms with Crippen molar-refractivity contribution in [2.45, 2.75) is 11.3 Å². The second-order valence-corrected chi connectivity index (χ2v) is 3.00. The SMILES string of the molecule is CNC1C(=O)N(C)C(=O)C1S. The Morgan fingerprint density at radius 3 is 2.18 bits per heavy atom. The standard InChI is InChI=1S/C6H10N2O2S/c1-7-3-4(11)6(10)8(2)5(3)9/h3-4,7,11H,1-2H3. The highest BCUT2D eigenvalue weighted by molar-refractivity contribution is 7.82. The van der Waals surface area contributed by atoms with E-state index in [-0.39, 0.29) is 11.8 Å². The topological polar surface area (TPSA) is 49.4 Å². The van der Waals surface area contributed by atoms with Crippen LogP contribution in [0.3, 0.4) is 0 Å². The zero-order valence-electron chi connectivity index (χ0n) is 6.37. The van der Waals surface area contributed by atoms with Gasteiger partial charge in [-0.3, -0.25) is 14.5 Å². The van der Waals surface area contributed by atoms with Crippen LogP contribution < -0.4 is 5.32 Å². The summed E-state index contributed by atoms with van der Waals surface area (Å²) < 4.78 is 0. The molecule has 0 aromatic heterocycles. The minimum atomic E-state index is -0.530. The van der Waals surface area contributed by atoms with Crippen LogP contribution in [0.4, 0.5) is 0 Å². The van der Waals surface area contributed by atoms with E-state index in [1.165, 1.54) is 7.05 Å². The third kappa shape index (κ3) is 1.14. The number of thiol groups is 1. The van der Waals surface area contributed by atoms with E-state index in [4.69, 9.17) is 0 Å². The molecule has 1 heterocycles. The van der Waals surface area contributed by atoms with Crippen LogP contribution in [-0.4, -0.2) is 42.1 Å². The first kappa shape index (κ1) is 8.55. The molecule has 0 aromatic rings. The Labute approximate surface area is 70.3 Å². The highest BCUT2D eigenvalue weighted by Crippen LogP contribution is 2.16. The first-order valence-corrected chi connectivity index (χ1v) is 3.78. The molecule has 5 heteroatoms. The van der Waals surface area contributed by atoms with Crippen molar-refractivity contribution in [3.8, 4) is 0 Å². The summed E-state index contributed by atoms with van der Waals surface area (Å²) in [6, 6.07) is -0.462. The molecular weight excluding hydrogens is 164 g/mol. The van der Waals surface area contributed by atoms with Gasteiger partial charge in [-0.05, 0) is 7.05 Å². The second-order valence-electron chi connectivity index (χ2n) is 2.45. The lowest BCUT2D eigenvalue weighted by molar-refractivity contribution is -0.137. The van der Waals surface area contributed by atoms with Crippen LogP contribution in [-0.2, 0) is 9.59 Å². The number of amides is 2. The van der Waals surface area contributed by atoms with Gasteiger partial charge >= 0.3 is 0 Å². The zero-order chi connectivity index (χ0) is 8.59. The first-order valence-electron chi connectivity index (χ1n) is 3.26. The first-order chi connectivity index (χ1) is 5.09. The molecule has 0 bridgehead atoms. The number of imide groups is 1. The largest absolute Gasteiger partial charge is 0.308 e. The van der Waals surface area contributed by atoms with Gasteiger partial charge < -0.3 is 5.32 Å². The van der Waals surface area contributed by atoms with E-state index in [9.17, 15) is 9.59 Å². The summed E-state index contributed by atoms with van der Waals surface area (Å²) in [5, 5.41) is 2.21. The summed E-state index contributed by atoms with van der Waals surface area (Å²) in [7, 11) is 3.10. The molecule has 2 atom stereocenters. The van der Waals surface area contributed by atoms with E-state index >= 15 is 0 Å². The van der Waals surface area contributed by atoms with Crippen molar-refractivity contribution in [1.29, 1.82) is 0 Å². The summed E-state index contributed by atoms with van der Waals surface area (Å²) in [6.07, 6.45) is 0. The number of likely N-dealkylation sites (N-methyl/N-ethyl adjacent to an activating group) is 2. The van der Waals surface area contributed by atoms with Gasteiger partial charge in [-0.15, -0.1) is 0 Å². The Kier molecular flexibility index (Phi) is 2.20. The normalized spacial score (nSPS) is 31.7. The van der Waals surface area contributed by atoms with Crippen LogP contribution in [0, 0.1) is 0 Å². The van der Waals surface area contributed by atoms with Crippen molar-refractivity contribution in [3.05, 3.63) is 0 Å². The molecule has 1 rings (SSSR count). The van der Waals surface area contributed by atoms with Crippen LogP contribution in [0.15, 0.2) is 0 Å². The summed E-state index contributed by atoms with van der Waals surface area (Å²) in [5.74, 6) is -0.449. The summed E-state index contributed by atoms with van der Waals surface area (Å²) >= 11 is 4.01. The van der Waals surface area contributed by atoms with Gasteiger partial charge in [0.25, 0.3) is 0 Å². The quantitative estimate of drug-likeness (QED) is 0.391. The average Bonchev–Trinajstić information content (AvgIpc) is 2.17. The smallest absolute Gasteiger partial charge is 0.247 e. The molecule has 0 saturated carbocycles. The maximum absolute atomic E-state index is 11.2. The summed E-state index contributed by atoms with van der Waals surface area (Å²) in [4.78, 5) is 23.3. The molecule has 62 valence electrons. The maximum atomic E-state index is 11.2. The van der Waals surface area contributed by atoms with Gasteiger partial charge in [0.2, 0.25) is 11.8 Å². The fourth-order valence-electron chi connectivity index (χ4n) is 1.07. The highest BCUT2D eigenvalue weighted by atomic mass is 32.1. The van der Waals surface area contributed by atoms with Crippen molar-refractivity contribution in [2.75, 3.05) is 14.1 Å². The molecule has 4 nitrogen and oxygen atoms in total. The molecular formula is C6H10N2O2S. The minimum absolute atomic E-state index is 0.211. The number of nitrogens with one attached hydrogen (secondary N) is 1. The summed E-state index contributed by atoms with van der Waals surface area (Å²) in [6.45, 7) is 0. The Morgan fingerprint density at radius 2 is 2.00 bits per heavy atom. The van der Waals surface area contributed by atoms with Crippen LogP contribution in [0.5, 0.6) is 0 Å².